The predicted molar refractivity (Wildman–Crippen MR) is 87.0 cm³/mol. The van der Waals surface area contributed by atoms with Crippen molar-refractivity contribution in [2.45, 2.75) is 18.9 Å². The van der Waals surface area contributed by atoms with Crippen molar-refractivity contribution in [1.82, 2.24) is 20.1 Å². The van der Waals surface area contributed by atoms with Crippen LogP contribution in [-0.4, -0.2) is 50.3 Å². The molecule has 0 unspecified atom stereocenters. The van der Waals surface area contributed by atoms with E-state index in [-0.39, 0.29) is 12.0 Å². The number of hydrogen-bond acceptors (Lipinski definition) is 3. The zero-order valence-corrected chi connectivity index (χ0v) is 12.6. The Morgan fingerprint density at radius 2 is 2.00 bits per heavy atom. The molecular weight excluding hydrogens is 292 g/mol. The molecule has 0 radical (unpaired) electrons. The highest BCUT2D eigenvalue weighted by atomic mass is 16.3. The van der Waals surface area contributed by atoms with Crippen LogP contribution < -0.4 is 0 Å². The highest BCUT2D eigenvalue weighted by Gasteiger charge is 2.27. The number of amides is 1. The van der Waals surface area contributed by atoms with E-state index >= 15 is 0 Å². The highest BCUT2D eigenvalue weighted by molar-refractivity contribution is 6.12. The molecule has 4 rings (SSSR count). The number of aromatic nitrogens is 3. The molecule has 0 bridgehead atoms. The van der Waals surface area contributed by atoms with E-state index in [9.17, 15) is 9.90 Å². The quantitative estimate of drug-likeness (QED) is 0.678. The Hall–Kier alpha value is -2.60. The van der Waals surface area contributed by atoms with Gasteiger partial charge < -0.3 is 15.0 Å². The molecule has 6 nitrogen and oxygen atoms in total. The van der Waals surface area contributed by atoms with Gasteiger partial charge in [-0.25, -0.2) is 0 Å². The lowest BCUT2D eigenvalue weighted by atomic mass is 10.0. The molecule has 6 heteroatoms. The number of para-hydroxylation sites is 1. The lowest BCUT2D eigenvalue weighted by Gasteiger charge is -2.29. The smallest absolute Gasteiger partial charge is 0.256 e. The van der Waals surface area contributed by atoms with E-state index in [2.05, 4.69) is 15.2 Å². The van der Waals surface area contributed by atoms with Crippen molar-refractivity contribution in [2.75, 3.05) is 13.1 Å². The maximum absolute atomic E-state index is 13.1. The van der Waals surface area contributed by atoms with Gasteiger partial charge in [0.05, 0.1) is 23.1 Å². The number of aromatic amines is 2. The van der Waals surface area contributed by atoms with Crippen LogP contribution in [0.4, 0.5) is 0 Å². The number of rotatable bonds is 2. The number of aliphatic hydroxyl groups is 1. The van der Waals surface area contributed by atoms with E-state index in [1.54, 1.807) is 6.20 Å². The third-order valence-corrected chi connectivity index (χ3v) is 4.44. The molecule has 1 fully saturated rings. The lowest BCUT2D eigenvalue weighted by molar-refractivity contribution is 0.0549. The SMILES string of the molecule is O=C(c1c(-c2ccn[nH]2)[nH]c2ccccc12)N1CCC(O)CC1. The first-order valence-corrected chi connectivity index (χ1v) is 7.82. The van der Waals surface area contributed by atoms with Crippen molar-refractivity contribution < 1.29 is 9.90 Å². The topological polar surface area (TPSA) is 85.0 Å². The van der Waals surface area contributed by atoms with Crippen LogP contribution in [0.15, 0.2) is 36.5 Å². The number of nitrogens with zero attached hydrogens (tertiary/aromatic N) is 2. The lowest BCUT2D eigenvalue weighted by Crippen LogP contribution is -2.40. The molecule has 1 aliphatic rings. The summed E-state index contributed by atoms with van der Waals surface area (Å²) in [5.74, 6) is -0.000972. The number of fused-ring (bicyclic) bond motifs is 1. The van der Waals surface area contributed by atoms with Crippen LogP contribution in [-0.2, 0) is 0 Å². The number of piperidine rings is 1. The fourth-order valence-corrected chi connectivity index (χ4v) is 3.19. The maximum Gasteiger partial charge on any atom is 0.256 e. The Bertz CT molecular complexity index is 830. The summed E-state index contributed by atoms with van der Waals surface area (Å²) in [5.41, 5.74) is 3.15. The normalized spacial score (nSPS) is 16.1. The molecule has 0 aliphatic carbocycles. The fourth-order valence-electron chi connectivity index (χ4n) is 3.19. The largest absolute Gasteiger partial charge is 0.393 e. The highest BCUT2D eigenvalue weighted by Crippen LogP contribution is 2.30. The zero-order valence-electron chi connectivity index (χ0n) is 12.6. The van der Waals surface area contributed by atoms with Gasteiger partial charge in [0.25, 0.3) is 5.91 Å². The number of hydrogen-bond donors (Lipinski definition) is 3. The standard InChI is InChI=1S/C17H18N4O2/c22-11-6-9-21(10-7-11)17(23)15-12-3-1-2-4-13(12)19-16(15)14-5-8-18-20-14/h1-5,8,11,19,22H,6-7,9-10H2,(H,18,20). The second-order valence-corrected chi connectivity index (χ2v) is 5.91. The van der Waals surface area contributed by atoms with Crippen LogP contribution in [0.3, 0.4) is 0 Å². The Morgan fingerprint density at radius 1 is 1.22 bits per heavy atom. The molecule has 3 aromatic rings. The Labute approximate surface area is 133 Å². The summed E-state index contributed by atoms with van der Waals surface area (Å²) in [6.45, 7) is 1.17. The minimum absolute atomic E-state index is 0.000972. The number of nitrogens with one attached hydrogen (secondary N) is 2. The molecule has 1 aromatic carbocycles. The minimum atomic E-state index is -0.297. The Morgan fingerprint density at radius 3 is 2.74 bits per heavy atom. The van der Waals surface area contributed by atoms with E-state index in [1.165, 1.54) is 0 Å². The van der Waals surface area contributed by atoms with Gasteiger partial charge in [-0.05, 0) is 25.0 Å². The first-order valence-electron chi connectivity index (χ1n) is 7.82. The number of carbonyl (C=O) groups excluding carboxylic acids is 1. The van der Waals surface area contributed by atoms with Crippen LogP contribution >= 0.6 is 0 Å². The predicted octanol–water partition coefficient (Wildman–Crippen LogP) is 2.15. The minimum Gasteiger partial charge on any atom is -0.393 e. The van der Waals surface area contributed by atoms with Crippen molar-refractivity contribution in [3.63, 3.8) is 0 Å². The molecular formula is C17H18N4O2. The molecule has 0 saturated carbocycles. The van der Waals surface area contributed by atoms with Gasteiger partial charge in [-0.3, -0.25) is 9.89 Å². The first kappa shape index (κ1) is 14.0. The molecule has 0 spiro atoms. The van der Waals surface area contributed by atoms with Gasteiger partial charge in [0, 0.05) is 30.2 Å². The first-order chi connectivity index (χ1) is 11.2. The number of benzene rings is 1. The Kier molecular flexibility index (Phi) is 3.38. The van der Waals surface area contributed by atoms with Gasteiger partial charge in [0.1, 0.15) is 0 Å². The van der Waals surface area contributed by atoms with Crippen molar-refractivity contribution in [3.8, 4) is 11.4 Å². The average Bonchev–Trinajstić information content (AvgIpc) is 3.22. The van der Waals surface area contributed by atoms with E-state index < -0.39 is 0 Å². The second-order valence-electron chi connectivity index (χ2n) is 5.91. The summed E-state index contributed by atoms with van der Waals surface area (Å²) in [5, 5.41) is 17.5. The summed E-state index contributed by atoms with van der Waals surface area (Å²) in [4.78, 5) is 18.2. The molecule has 118 valence electrons. The third kappa shape index (κ3) is 2.41. The molecule has 1 amide bonds. The van der Waals surface area contributed by atoms with Gasteiger partial charge in [-0.1, -0.05) is 18.2 Å². The Balaban J connectivity index is 1.81. The number of H-pyrrole nitrogens is 2. The molecule has 3 N–H and O–H groups in total. The van der Waals surface area contributed by atoms with Gasteiger partial charge in [0.2, 0.25) is 0 Å². The van der Waals surface area contributed by atoms with Crippen LogP contribution in [0.25, 0.3) is 22.3 Å². The molecule has 23 heavy (non-hydrogen) atoms. The molecule has 3 heterocycles. The van der Waals surface area contributed by atoms with Crippen LogP contribution in [0.5, 0.6) is 0 Å². The number of carbonyl (C=O) groups is 1. The van der Waals surface area contributed by atoms with E-state index in [4.69, 9.17) is 0 Å². The molecule has 0 atom stereocenters. The van der Waals surface area contributed by atoms with Gasteiger partial charge >= 0.3 is 0 Å². The van der Waals surface area contributed by atoms with E-state index in [1.807, 2.05) is 35.2 Å². The summed E-state index contributed by atoms with van der Waals surface area (Å²) in [6, 6.07) is 9.65. The van der Waals surface area contributed by atoms with E-state index in [0.717, 1.165) is 22.3 Å². The van der Waals surface area contributed by atoms with Crippen LogP contribution in [0.1, 0.15) is 23.2 Å². The molecule has 2 aromatic heterocycles. The third-order valence-electron chi connectivity index (χ3n) is 4.44. The van der Waals surface area contributed by atoms with Gasteiger partial charge in [-0.2, -0.15) is 5.10 Å². The van der Waals surface area contributed by atoms with Crippen molar-refractivity contribution in [1.29, 1.82) is 0 Å². The number of likely N-dealkylation sites (tertiary alicyclic amines) is 1. The van der Waals surface area contributed by atoms with Crippen LogP contribution in [0, 0.1) is 0 Å². The zero-order chi connectivity index (χ0) is 15.8. The summed E-state index contributed by atoms with van der Waals surface area (Å²) < 4.78 is 0. The molecule has 1 saturated heterocycles. The van der Waals surface area contributed by atoms with Crippen molar-refractivity contribution in [3.05, 3.63) is 42.1 Å². The van der Waals surface area contributed by atoms with Gasteiger partial charge in [0.15, 0.2) is 0 Å². The number of aliphatic hydroxyl groups excluding tert-OH is 1. The second kappa shape index (κ2) is 5.55. The fraction of sp³-hybridized carbons (Fsp3) is 0.294. The monoisotopic (exact) mass is 310 g/mol. The molecule has 1 aliphatic heterocycles. The van der Waals surface area contributed by atoms with Gasteiger partial charge in [-0.15, -0.1) is 0 Å². The summed E-state index contributed by atoms with van der Waals surface area (Å²) in [7, 11) is 0. The average molecular weight is 310 g/mol. The summed E-state index contributed by atoms with van der Waals surface area (Å²) >= 11 is 0. The van der Waals surface area contributed by atoms with Crippen molar-refractivity contribution in [2.24, 2.45) is 0 Å². The maximum atomic E-state index is 13.1. The van der Waals surface area contributed by atoms with Crippen molar-refractivity contribution >= 4 is 16.8 Å². The summed E-state index contributed by atoms with van der Waals surface area (Å²) in [6.07, 6.45) is 2.64. The van der Waals surface area contributed by atoms with Crippen LogP contribution in [0.2, 0.25) is 0 Å². The van der Waals surface area contributed by atoms with E-state index in [0.29, 0.717) is 31.5 Å².